The molecule has 2 aromatic carbocycles. The lowest BCUT2D eigenvalue weighted by Crippen LogP contribution is -2.11. The van der Waals surface area contributed by atoms with Gasteiger partial charge in [0.25, 0.3) is 0 Å². The van der Waals surface area contributed by atoms with Gasteiger partial charge in [-0.3, -0.25) is 0 Å². The Hall–Kier alpha value is -2.77. The highest BCUT2D eigenvalue weighted by Gasteiger charge is 2.18. The van der Waals surface area contributed by atoms with Gasteiger partial charge in [-0.1, -0.05) is 48.5 Å². The summed E-state index contributed by atoms with van der Waals surface area (Å²) in [6, 6.07) is 13.5. The highest BCUT2D eigenvalue weighted by atomic mass is 19.1. The van der Waals surface area contributed by atoms with Gasteiger partial charge in [0, 0.05) is 5.56 Å². The minimum atomic E-state index is -1.79. The van der Waals surface area contributed by atoms with E-state index in [0.29, 0.717) is 5.56 Å². The van der Waals surface area contributed by atoms with Gasteiger partial charge in [0.05, 0.1) is 0 Å². The molecular formula is C16H15FO6. The van der Waals surface area contributed by atoms with Gasteiger partial charge in [-0.05, 0) is 11.6 Å². The van der Waals surface area contributed by atoms with Crippen LogP contribution < -0.4 is 0 Å². The maximum Gasteiger partial charge on any atom is 0.337 e. The SMILES string of the molecule is O=C(O)C(O)c1ccccc1.O=C(O)C(O)c1ccccc1F. The van der Waals surface area contributed by atoms with Gasteiger partial charge in [-0.2, -0.15) is 0 Å². The van der Waals surface area contributed by atoms with Crippen LogP contribution in [0.1, 0.15) is 23.3 Å². The van der Waals surface area contributed by atoms with Gasteiger partial charge in [-0.25, -0.2) is 14.0 Å². The first-order chi connectivity index (χ1) is 10.8. The standard InChI is InChI=1S/C8H7FO3.C8H8O3/c9-6-4-2-1-3-5(6)7(10)8(11)12;9-7(8(10)11)6-4-2-1-3-5-6/h1-4,7,10H,(H,11,12);1-5,7,9H,(H,10,11). The van der Waals surface area contributed by atoms with Crippen molar-refractivity contribution < 1.29 is 34.4 Å². The molecule has 2 aromatic rings. The van der Waals surface area contributed by atoms with Crippen LogP contribution in [0, 0.1) is 5.82 Å². The molecule has 2 rings (SSSR count). The summed E-state index contributed by atoms with van der Waals surface area (Å²) in [5.74, 6) is -3.40. The Morgan fingerprint density at radius 2 is 1.26 bits per heavy atom. The van der Waals surface area contributed by atoms with Crippen LogP contribution in [0.2, 0.25) is 0 Å². The maximum absolute atomic E-state index is 12.8. The van der Waals surface area contributed by atoms with E-state index in [4.69, 9.17) is 20.4 Å². The second kappa shape index (κ2) is 8.62. The maximum atomic E-state index is 12.8. The fourth-order valence-electron chi connectivity index (χ4n) is 1.61. The lowest BCUT2D eigenvalue weighted by molar-refractivity contribution is -0.147. The van der Waals surface area contributed by atoms with E-state index in [1.165, 1.54) is 18.2 Å². The number of hydrogen-bond acceptors (Lipinski definition) is 4. The molecule has 4 N–H and O–H groups in total. The Balaban J connectivity index is 0.000000231. The molecule has 6 nitrogen and oxygen atoms in total. The van der Waals surface area contributed by atoms with Crippen LogP contribution in [0.15, 0.2) is 54.6 Å². The van der Waals surface area contributed by atoms with Crippen LogP contribution in [0.5, 0.6) is 0 Å². The number of carboxylic acid groups (broad SMARTS) is 2. The van der Waals surface area contributed by atoms with Crippen molar-refractivity contribution in [1.82, 2.24) is 0 Å². The van der Waals surface area contributed by atoms with E-state index in [2.05, 4.69) is 0 Å². The number of aliphatic hydroxyl groups is 2. The van der Waals surface area contributed by atoms with Crippen LogP contribution >= 0.6 is 0 Å². The summed E-state index contributed by atoms with van der Waals surface area (Å²) in [7, 11) is 0. The van der Waals surface area contributed by atoms with Gasteiger partial charge in [0.15, 0.2) is 12.2 Å². The average molecular weight is 322 g/mol. The molecule has 0 heterocycles. The third-order valence-electron chi connectivity index (χ3n) is 2.78. The van der Waals surface area contributed by atoms with Crippen molar-refractivity contribution in [2.75, 3.05) is 0 Å². The van der Waals surface area contributed by atoms with Crippen molar-refractivity contribution in [3.8, 4) is 0 Å². The molecule has 0 radical (unpaired) electrons. The van der Waals surface area contributed by atoms with E-state index in [1.54, 1.807) is 30.3 Å². The number of hydrogen-bond donors (Lipinski definition) is 4. The third-order valence-corrected chi connectivity index (χ3v) is 2.78. The number of aliphatic carboxylic acids is 2. The molecule has 0 spiro atoms. The van der Waals surface area contributed by atoms with Crippen LogP contribution in [0.25, 0.3) is 0 Å². The number of halogens is 1. The number of benzene rings is 2. The van der Waals surface area contributed by atoms with Crippen molar-refractivity contribution >= 4 is 11.9 Å². The first kappa shape index (κ1) is 18.3. The molecule has 0 saturated heterocycles. The minimum Gasteiger partial charge on any atom is -0.479 e. The van der Waals surface area contributed by atoms with Gasteiger partial charge < -0.3 is 20.4 Å². The second-order valence-electron chi connectivity index (χ2n) is 4.41. The molecule has 0 aromatic heterocycles. The Kier molecular flexibility index (Phi) is 6.85. The van der Waals surface area contributed by atoms with Gasteiger partial charge in [0.1, 0.15) is 5.82 Å². The summed E-state index contributed by atoms with van der Waals surface area (Å²) in [5.41, 5.74) is 0.185. The van der Waals surface area contributed by atoms with Crippen molar-refractivity contribution in [3.05, 3.63) is 71.5 Å². The Bertz CT molecular complexity index is 659. The van der Waals surface area contributed by atoms with Crippen LogP contribution in [-0.2, 0) is 9.59 Å². The summed E-state index contributed by atoms with van der Waals surface area (Å²) >= 11 is 0. The van der Waals surface area contributed by atoms with Crippen LogP contribution in [-0.4, -0.2) is 32.4 Å². The largest absolute Gasteiger partial charge is 0.479 e. The first-order valence-corrected chi connectivity index (χ1v) is 6.45. The minimum absolute atomic E-state index is 0.218. The summed E-state index contributed by atoms with van der Waals surface area (Å²) in [6.45, 7) is 0. The molecule has 23 heavy (non-hydrogen) atoms. The fourth-order valence-corrected chi connectivity index (χ4v) is 1.61. The molecule has 0 bridgehead atoms. The Morgan fingerprint density at radius 3 is 1.74 bits per heavy atom. The first-order valence-electron chi connectivity index (χ1n) is 6.45. The highest BCUT2D eigenvalue weighted by Crippen LogP contribution is 2.16. The van der Waals surface area contributed by atoms with Crippen molar-refractivity contribution in [3.63, 3.8) is 0 Å². The van der Waals surface area contributed by atoms with Crippen LogP contribution in [0.4, 0.5) is 4.39 Å². The van der Waals surface area contributed by atoms with Crippen LogP contribution in [0.3, 0.4) is 0 Å². The molecule has 122 valence electrons. The lowest BCUT2D eigenvalue weighted by Gasteiger charge is -2.05. The zero-order chi connectivity index (χ0) is 17.4. The number of rotatable bonds is 4. The summed E-state index contributed by atoms with van der Waals surface area (Å²) in [4.78, 5) is 20.5. The predicted octanol–water partition coefficient (Wildman–Crippen LogP) is 1.75. The smallest absolute Gasteiger partial charge is 0.337 e. The van der Waals surface area contributed by atoms with E-state index in [-0.39, 0.29) is 5.56 Å². The average Bonchev–Trinajstić information content (AvgIpc) is 2.55. The number of aliphatic hydroxyl groups excluding tert-OH is 2. The van der Waals surface area contributed by atoms with E-state index < -0.39 is 30.0 Å². The Morgan fingerprint density at radius 1 is 0.783 bits per heavy atom. The number of carboxylic acids is 2. The highest BCUT2D eigenvalue weighted by molar-refractivity contribution is 5.74. The quantitative estimate of drug-likeness (QED) is 0.682. The molecule has 7 heteroatoms. The number of carbonyl (C=O) groups is 2. The van der Waals surface area contributed by atoms with Crippen molar-refractivity contribution in [2.24, 2.45) is 0 Å². The molecule has 0 saturated carbocycles. The molecule has 0 amide bonds. The lowest BCUT2D eigenvalue weighted by atomic mass is 10.1. The molecule has 2 atom stereocenters. The van der Waals surface area contributed by atoms with Crippen molar-refractivity contribution in [1.29, 1.82) is 0 Å². The molecule has 0 aliphatic carbocycles. The third kappa shape index (κ3) is 5.50. The van der Waals surface area contributed by atoms with E-state index in [9.17, 15) is 14.0 Å². The van der Waals surface area contributed by atoms with Gasteiger partial charge in [0.2, 0.25) is 0 Å². The fraction of sp³-hybridized carbons (Fsp3) is 0.125. The van der Waals surface area contributed by atoms with E-state index >= 15 is 0 Å². The second-order valence-corrected chi connectivity index (χ2v) is 4.41. The monoisotopic (exact) mass is 322 g/mol. The van der Waals surface area contributed by atoms with Crippen molar-refractivity contribution in [2.45, 2.75) is 12.2 Å². The Labute approximate surface area is 131 Å². The molecule has 2 unspecified atom stereocenters. The summed E-state index contributed by atoms with van der Waals surface area (Å²) in [5, 5.41) is 34.7. The van der Waals surface area contributed by atoms with Gasteiger partial charge >= 0.3 is 11.9 Å². The van der Waals surface area contributed by atoms with E-state index in [1.807, 2.05) is 0 Å². The normalized spacial score (nSPS) is 12.5. The van der Waals surface area contributed by atoms with E-state index in [0.717, 1.165) is 6.07 Å². The summed E-state index contributed by atoms with van der Waals surface area (Å²) in [6.07, 6.45) is -3.19. The molecular weight excluding hydrogens is 307 g/mol. The molecule has 0 fully saturated rings. The zero-order valence-electron chi connectivity index (χ0n) is 11.8. The molecule has 0 aliphatic heterocycles. The topological polar surface area (TPSA) is 115 Å². The summed E-state index contributed by atoms with van der Waals surface area (Å²) < 4.78 is 12.8. The molecule has 0 aliphatic rings. The zero-order valence-corrected chi connectivity index (χ0v) is 11.8. The van der Waals surface area contributed by atoms with Gasteiger partial charge in [-0.15, -0.1) is 0 Å². The predicted molar refractivity (Wildman–Crippen MR) is 78.0 cm³/mol.